The van der Waals surface area contributed by atoms with Gasteiger partial charge in [-0.25, -0.2) is 0 Å². The van der Waals surface area contributed by atoms with Gasteiger partial charge < -0.3 is 10.0 Å². The van der Waals surface area contributed by atoms with E-state index in [0.717, 1.165) is 5.56 Å². The van der Waals surface area contributed by atoms with Crippen LogP contribution >= 0.6 is 23.2 Å². The third-order valence-electron chi connectivity index (χ3n) is 3.11. The van der Waals surface area contributed by atoms with Crippen molar-refractivity contribution in [3.63, 3.8) is 0 Å². The minimum Gasteiger partial charge on any atom is -0.481 e. The molecular formula is C13H13Cl2NO3. The lowest BCUT2D eigenvalue weighted by molar-refractivity contribution is -0.139. The summed E-state index contributed by atoms with van der Waals surface area (Å²) in [6, 6.07) is 6.36. The monoisotopic (exact) mass is 301 g/mol. The van der Waals surface area contributed by atoms with E-state index < -0.39 is 12.0 Å². The van der Waals surface area contributed by atoms with Gasteiger partial charge in [-0.2, -0.15) is 0 Å². The van der Waals surface area contributed by atoms with Crippen LogP contribution in [-0.2, 0) is 9.59 Å². The zero-order valence-corrected chi connectivity index (χ0v) is 11.6. The lowest BCUT2D eigenvalue weighted by atomic mass is 10.0. The Morgan fingerprint density at radius 3 is 2.53 bits per heavy atom. The maximum Gasteiger partial charge on any atom is 0.305 e. The largest absolute Gasteiger partial charge is 0.481 e. The first kappa shape index (κ1) is 14.2. The maximum absolute atomic E-state index is 11.9. The maximum atomic E-state index is 11.9. The van der Waals surface area contributed by atoms with Crippen molar-refractivity contribution in [3.8, 4) is 0 Å². The van der Waals surface area contributed by atoms with Crippen LogP contribution in [0.3, 0.4) is 0 Å². The SMILES string of the molecule is O=C(O)CC(c1ccc(Cl)cc1)N1CC(Cl)CC1=O. The highest BCUT2D eigenvalue weighted by Gasteiger charge is 2.35. The number of alkyl halides is 1. The Kier molecular flexibility index (Phi) is 4.32. The molecule has 1 saturated heterocycles. The molecule has 4 nitrogen and oxygen atoms in total. The number of benzene rings is 1. The summed E-state index contributed by atoms with van der Waals surface area (Å²) in [6.07, 6.45) is 0.113. The molecule has 0 saturated carbocycles. The van der Waals surface area contributed by atoms with Crippen molar-refractivity contribution in [2.75, 3.05) is 6.54 Å². The van der Waals surface area contributed by atoms with Crippen LogP contribution in [0.1, 0.15) is 24.4 Å². The van der Waals surface area contributed by atoms with Crippen LogP contribution < -0.4 is 0 Å². The van der Waals surface area contributed by atoms with Gasteiger partial charge in [0, 0.05) is 18.0 Å². The Labute approximate surface area is 120 Å². The number of carboxylic acid groups (broad SMARTS) is 1. The molecule has 6 heteroatoms. The highest BCUT2D eigenvalue weighted by atomic mass is 35.5. The minimum atomic E-state index is -0.953. The number of likely N-dealkylation sites (tertiary alicyclic amines) is 1. The molecule has 1 aliphatic rings. The molecule has 0 radical (unpaired) electrons. The molecule has 1 fully saturated rings. The number of carboxylic acids is 1. The molecule has 1 aromatic carbocycles. The number of hydrogen-bond acceptors (Lipinski definition) is 2. The fourth-order valence-electron chi connectivity index (χ4n) is 2.25. The van der Waals surface area contributed by atoms with E-state index in [-0.39, 0.29) is 24.1 Å². The standard InChI is InChI=1S/C13H13Cl2NO3/c14-9-3-1-8(2-4-9)11(6-13(18)19)16-7-10(15)5-12(16)17/h1-4,10-11H,5-7H2,(H,18,19). The van der Waals surface area contributed by atoms with Crippen LogP contribution in [0.4, 0.5) is 0 Å². The van der Waals surface area contributed by atoms with Crippen molar-refractivity contribution in [2.45, 2.75) is 24.3 Å². The topological polar surface area (TPSA) is 57.6 Å². The van der Waals surface area contributed by atoms with Gasteiger partial charge >= 0.3 is 5.97 Å². The van der Waals surface area contributed by atoms with Crippen molar-refractivity contribution in [3.05, 3.63) is 34.9 Å². The van der Waals surface area contributed by atoms with Gasteiger partial charge in [-0.3, -0.25) is 9.59 Å². The lowest BCUT2D eigenvalue weighted by Crippen LogP contribution is -2.32. The first-order valence-corrected chi connectivity index (χ1v) is 6.69. The predicted molar refractivity (Wildman–Crippen MR) is 72.4 cm³/mol. The molecular weight excluding hydrogens is 289 g/mol. The fraction of sp³-hybridized carbons (Fsp3) is 0.385. The highest BCUT2D eigenvalue weighted by Crippen LogP contribution is 2.31. The number of hydrogen-bond donors (Lipinski definition) is 1. The van der Waals surface area contributed by atoms with Crippen molar-refractivity contribution >= 4 is 35.1 Å². The van der Waals surface area contributed by atoms with E-state index in [9.17, 15) is 9.59 Å². The average Bonchev–Trinajstić information content (AvgIpc) is 2.66. The summed E-state index contributed by atoms with van der Waals surface area (Å²) in [4.78, 5) is 24.4. The molecule has 1 aromatic rings. The summed E-state index contributed by atoms with van der Waals surface area (Å²) in [7, 11) is 0. The van der Waals surface area contributed by atoms with Crippen LogP contribution in [0.5, 0.6) is 0 Å². The first-order valence-electron chi connectivity index (χ1n) is 5.88. The van der Waals surface area contributed by atoms with Crippen LogP contribution in [0.25, 0.3) is 0 Å². The molecule has 1 N–H and O–H groups in total. The van der Waals surface area contributed by atoms with Crippen molar-refractivity contribution in [1.82, 2.24) is 4.90 Å². The second kappa shape index (κ2) is 5.80. The van der Waals surface area contributed by atoms with Crippen molar-refractivity contribution in [1.29, 1.82) is 0 Å². The molecule has 102 valence electrons. The summed E-state index contributed by atoms with van der Waals surface area (Å²) >= 11 is 11.8. The molecule has 19 heavy (non-hydrogen) atoms. The van der Waals surface area contributed by atoms with Crippen molar-refractivity contribution < 1.29 is 14.7 Å². The number of carbonyl (C=O) groups is 2. The van der Waals surface area contributed by atoms with E-state index in [4.69, 9.17) is 28.3 Å². The van der Waals surface area contributed by atoms with Gasteiger partial charge in [-0.05, 0) is 17.7 Å². The summed E-state index contributed by atoms with van der Waals surface area (Å²) < 4.78 is 0. The number of nitrogens with zero attached hydrogens (tertiary/aromatic N) is 1. The van der Waals surface area contributed by atoms with Gasteiger partial charge in [0.25, 0.3) is 0 Å². The Hall–Kier alpha value is -1.26. The predicted octanol–water partition coefficient (Wildman–Crippen LogP) is 2.70. The second-order valence-electron chi connectivity index (χ2n) is 4.51. The smallest absolute Gasteiger partial charge is 0.305 e. The van der Waals surface area contributed by atoms with E-state index in [1.807, 2.05) is 0 Å². The minimum absolute atomic E-state index is 0.110. The summed E-state index contributed by atoms with van der Waals surface area (Å²) in [5, 5.41) is 9.33. The van der Waals surface area contributed by atoms with E-state index in [0.29, 0.717) is 11.6 Å². The van der Waals surface area contributed by atoms with Gasteiger partial charge in [-0.1, -0.05) is 23.7 Å². The summed E-state index contributed by atoms with van der Waals surface area (Å²) in [6.45, 7) is 0.376. The van der Waals surface area contributed by atoms with E-state index in [2.05, 4.69) is 0 Å². The van der Waals surface area contributed by atoms with Crippen LogP contribution in [0.15, 0.2) is 24.3 Å². The van der Waals surface area contributed by atoms with E-state index in [1.54, 1.807) is 24.3 Å². The molecule has 2 atom stereocenters. The van der Waals surface area contributed by atoms with Crippen LogP contribution in [0.2, 0.25) is 5.02 Å². The van der Waals surface area contributed by atoms with Crippen molar-refractivity contribution in [2.24, 2.45) is 0 Å². The molecule has 1 aliphatic heterocycles. The zero-order valence-electron chi connectivity index (χ0n) is 10.1. The Morgan fingerprint density at radius 2 is 2.05 bits per heavy atom. The van der Waals surface area contributed by atoms with E-state index >= 15 is 0 Å². The highest BCUT2D eigenvalue weighted by molar-refractivity contribution is 6.30. The van der Waals surface area contributed by atoms with E-state index in [1.165, 1.54) is 4.90 Å². The zero-order chi connectivity index (χ0) is 14.0. The number of carbonyl (C=O) groups excluding carboxylic acids is 1. The first-order chi connectivity index (χ1) is 8.97. The summed E-state index contributed by atoms with van der Waals surface area (Å²) in [5.41, 5.74) is 0.755. The van der Waals surface area contributed by atoms with Crippen LogP contribution in [-0.4, -0.2) is 33.8 Å². The molecule has 2 unspecified atom stereocenters. The Morgan fingerprint density at radius 1 is 1.42 bits per heavy atom. The van der Waals surface area contributed by atoms with Gasteiger partial charge in [-0.15, -0.1) is 11.6 Å². The fourth-order valence-corrected chi connectivity index (χ4v) is 2.65. The second-order valence-corrected chi connectivity index (χ2v) is 5.57. The van der Waals surface area contributed by atoms with Gasteiger partial charge in [0.1, 0.15) is 0 Å². The lowest BCUT2D eigenvalue weighted by Gasteiger charge is -2.27. The molecule has 0 spiro atoms. The number of aliphatic carboxylic acids is 1. The van der Waals surface area contributed by atoms with Gasteiger partial charge in [0.15, 0.2) is 0 Å². The molecule has 1 amide bonds. The molecule has 1 heterocycles. The number of amides is 1. The normalized spacial score (nSPS) is 20.6. The Bertz CT molecular complexity index is 489. The van der Waals surface area contributed by atoms with Gasteiger partial charge in [0.2, 0.25) is 5.91 Å². The molecule has 0 bridgehead atoms. The number of rotatable bonds is 4. The average molecular weight is 302 g/mol. The summed E-state index contributed by atoms with van der Waals surface area (Å²) in [5.74, 6) is -1.06. The molecule has 0 aliphatic carbocycles. The molecule has 2 rings (SSSR count). The molecule has 0 aromatic heterocycles. The Balaban J connectivity index is 2.28. The third-order valence-corrected chi connectivity index (χ3v) is 3.65. The number of halogens is 2. The third kappa shape index (κ3) is 3.39. The quantitative estimate of drug-likeness (QED) is 0.870. The van der Waals surface area contributed by atoms with Gasteiger partial charge in [0.05, 0.1) is 17.8 Å². The van der Waals surface area contributed by atoms with Crippen LogP contribution in [0, 0.1) is 0 Å².